The fourth-order valence-electron chi connectivity index (χ4n) is 4.06. The number of ether oxygens (including phenoxy) is 1. The zero-order chi connectivity index (χ0) is 27.1. The molecule has 0 spiro atoms. The number of nitro groups is 1. The summed E-state index contributed by atoms with van der Waals surface area (Å²) in [7, 11) is 1.54. The first-order chi connectivity index (χ1) is 18.9. The number of amides is 1. The maximum Gasteiger partial charge on any atom is 0.433 e. The fourth-order valence-corrected chi connectivity index (χ4v) is 5.01. The van der Waals surface area contributed by atoms with Crippen molar-refractivity contribution in [3.8, 4) is 5.75 Å². The number of furan rings is 1. The van der Waals surface area contributed by atoms with Crippen molar-refractivity contribution in [3.63, 3.8) is 0 Å². The summed E-state index contributed by atoms with van der Waals surface area (Å²) in [5.74, 6) is -0.659. The largest absolute Gasteiger partial charge is 0.497 e. The average Bonchev–Trinajstić information content (AvgIpc) is 3.59. The van der Waals surface area contributed by atoms with Crippen molar-refractivity contribution in [1.82, 2.24) is 4.98 Å². The summed E-state index contributed by atoms with van der Waals surface area (Å²) in [4.78, 5) is 41.6. The van der Waals surface area contributed by atoms with Crippen LogP contribution in [-0.2, 0) is 0 Å². The molecular weight excluding hydrogens is 524 g/mol. The van der Waals surface area contributed by atoms with Gasteiger partial charge in [-0.2, -0.15) is 10.1 Å². The van der Waals surface area contributed by atoms with E-state index < -0.39 is 22.3 Å². The van der Waals surface area contributed by atoms with E-state index in [1.54, 1.807) is 24.3 Å². The van der Waals surface area contributed by atoms with E-state index in [1.165, 1.54) is 25.3 Å². The first kappa shape index (κ1) is 24.0. The van der Waals surface area contributed by atoms with Gasteiger partial charge in [-0.05, 0) is 47.2 Å². The Hall–Kier alpha value is -5.36. The van der Waals surface area contributed by atoms with E-state index in [9.17, 15) is 19.7 Å². The fraction of sp³-hybridized carbons (Fsp3) is 0.0370. The molecule has 0 radical (unpaired) electrons. The highest BCUT2D eigenvalue weighted by Crippen LogP contribution is 2.33. The normalized spacial score (nSPS) is 11.5. The Morgan fingerprint density at radius 2 is 1.92 bits per heavy atom. The quantitative estimate of drug-likeness (QED) is 0.0855. The molecule has 0 aliphatic heterocycles. The number of hydrogen-bond acceptors (Lipinski definition) is 10. The van der Waals surface area contributed by atoms with Crippen LogP contribution < -0.4 is 15.4 Å². The topological polar surface area (TPSA) is 141 Å². The minimum Gasteiger partial charge on any atom is -0.497 e. The molecule has 0 bridgehead atoms. The summed E-state index contributed by atoms with van der Waals surface area (Å²) < 4.78 is 16.6. The van der Waals surface area contributed by atoms with Crippen LogP contribution in [0, 0.1) is 10.1 Å². The van der Waals surface area contributed by atoms with E-state index in [-0.39, 0.29) is 16.5 Å². The summed E-state index contributed by atoms with van der Waals surface area (Å²) in [6.45, 7) is 0. The van der Waals surface area contributed by atoms with Crippen LogP contribution in [0.15, 0.2) is 91.5 Å². The number of fused-ring (bicyclic) bond motifs is 4. The third-order valence-corrected chi connectivity index (χ3v) is 6.92. The Kier molecular flexibility index (Phi) is 5.85. The molecule has 6 rings (SSSR count). The second-order valence-corrected chi connectivity index (χ2v) is 9.28. The number of rotatable bonds is 6. The monoisotopic (exact) mass is 540 g/mol. The van der Waals surface area contributed by atoms with E-state index >= 15 is 0 Å². The lowest BCUT2D eigenvalue weighted by Gasteiger charge is -2.13. The van der Waals surface area contributed by atoms with Gasteiger partial charge in [0.25, 0.3) is 5.91 Å². The average molecular weight is 541 g/mol. The molecule has 39 heavy (non-hydrogen) atoms. The van der Waals surface area contributed by atoms with Crippen molar-refractivity contribution in [3.05, 3.63) is 105 Å². The number of methoxy groups -OCH3 is 1. The standard InChI is InChI=1S/C27H16N4O7S/c1-36-16-7-9-21-23(12-16)39-27(29-21)30(28-14-17-8-11-24(37-17)31(34)35)25(32)20-13-19-18-5-3-2-4-15(18)6-10-22(19)38-26(20)33/h2-14H,1H3/b28-14+. The second-order valence-electron chi connectivity index (χ2n) is 8.27. The van der Waals surface area contributed by atoms with Crippen LogP contribution in [0.4, 0.5) is 11.0 Å². The molecule has 1 amide bonds. The van der Waals surface area contributed by atoms with Crippen LogP contribution in [0.1, 0.15) is 16.1 Å². The first-order valence-electron chi connectivity index (χ1n) is 11.4. The van der Waals surface area contributed by atoms with Crippen molar-refractivity contribution in [2.75, 3.05) is 12.1 Å². The van der Waals surface area contributed by atoms with Gasteiger partial charge in [0.15, 0.2) is 5.76 Å². The molecule has 0 unspecified atom stereocenters. The van der Waals surface area contributed by atoms with Crippen molar-refractivity contribution in [2.24, 2.45) is 5.10 Å². The van der Waals surface area contributed by atoms with Gasteiger partial charge in [0, 0.05) is 5.39 Å². The number of benzene rings is 3. The van der Waals surface area contributed by atoms with Gasteiger partial charge in [-0.3, -0.25) is 14.9 Å². The highest BCUT2D eigenvalue weighted by atomic mass is 32.1. The molecule has 3 heterocycles. The number of anilines is 1. The van der Waals surface area contributed by atoms with Gasteiger partial charge in [0.05, 0.1) is 29.6 Å². The van der Waals surface area contributed by atoms with E-state index in [0.717, 1.165) is 33.3 Å². The molecule has 0 saturated carbocycles. The van der Waals surface area contributed by atoms with Crippen LogP contribution >= 0.6 is 11.3 Å². The number of hydrazone groups is 1. The van der Waals surface area contributed by atoms with E-state index in [2.05, 4.69) is 10.1 Å². The summed E-state index contributed by atoms with van der Waals surface area (Å²) >= 11 is 1.14. The number of aromatic nitrogens is 1. The molecule has 12 heteroatoms. The number of hydrogen-bond donors (Lipinski definition) is 0. The Morgan fingerprint density at radius 3 is 2.72 bits per heavy atom. The third kappa shape index (κ3) is 4.38. The summed E-state index contributed by atoms with van der Waals surface area (Å²) in [5, 5.41) is 18.6. The van der Waals surface area contributed by atoms with Crippen LogP contribution in [0.5, 0.6) is 5.75 Å². The van der Waals surface area contributed by atoms with Crippen LogP contribution in [0.3, 0.4) is 0 Å². The first-order valence-corrected chi connectivity index (χ1v) is 12.3. The molecule has 0 saturated heterocycles. The number of nitrogens with zero attached hydrogens (tertiary/aromatic N) is 4. The molecule has 0 N–H and O–H groups in total. The zero-order valence-electron chi connectivity index (χ0n) is 20.1. The predicted octanol–water partition coefficient (Wildman–Crippen LogP) is 5.75. The number of thiazole rings is 1. The molecular formula is C27H16N4O7S. The molecule has 6 aromatic rings. The molecule has 3 aromatic heterocycles. The number of carbonyl (C=O) groups excluding carboxylic acids is 1. The van der Waals surface area contributed by atoms with Gasteiger partial charge in [-0.15, -0.1) is 0 Å². The zero-order valence-corrected chi connectivity index (χ0v) is 20.9. The lowest BCUT2D eigenvalue weighted by Crippen LogP contribution is -2.30. The maximum atomic E-state index is 13.8. The summed E-state index contributed by atoms with van der Waals surface area (Å²) in [6.07, 6.45) is 1.13. The van der Waals surface area contributed by atoms with Gasteiger partial charge in [0.1, 0.15) is 21.8 Å². The van der Waals surface area contributed by atoms with Gasteiger partial charge >= 0.3 is 11.5 Å². The minimum atomic E-state index is -0.848. The highest BCUT2D eigenvalue weighted by Gasteiger charge is 2.26. The lowest BCUT2D eigenvalue weighted by molar-refractivity contribution is -0.402. The van der Waals surface area contributed by atoms with Crippen molar-refractivity contribution in [2.45, 2.75) is 0 Å². The van der Waals surface area contributed by atoms with Crippen molar-refractivity contribution < 1.29 is 23.3 Å². The van der Waals surface area contributed by atoms with Crippen molar-refractivity contribution >= 4 is 66.4 Å². The van der Waals surface area contributed by atoms with E-state index in [1.807, 2.05) is 30.3 Å². The third-order valence-electron chi connectivity index (χ3n) is 5.92. The lowest BCUT2D eigenvalue weighted by atomic mass is 10.0. The second kappa shape index (κ2) is 9.50. The maximum absolute atomic E-state index is 13.8. The SMILES string of the molecule is COc1ccc2nc(N(/N=C/c3ccc([N+](=O)[O-])o3)C(=O)c3cc4c(ccc5ccccc54)oc3=O)sc2c1. The van der Waals surface area contributed by atoms with Gasteiger partial charge in [0.2, 0.25) is 5.13 Å². The Labute approximate surface area is 222 Å². The molecule has 0 atom stereocenters. The molecule has 11 nitrogen and oxygen atoms in total. The van der Waals surface area contributed by atoms with Crippen LogP contribution in [0.2, 0.25) is 0 Å². The molecule has 3 aromatic carbocycles. The molecule has 192 valence electrons. The van der Waals surface area contributed by atoms with Crippen molar-refractivity contribution in [1.29, 1.82) is 0 Å². The number of carbonyl (C=O) groups is 1. The molecule has 0 aliphatic carbocycles. The van der Waals surface area contributed by atoms with E-state index in [0.29, 0.717) is 26.9 Å². The van der Waals surface area contributed by atoms with Gasteiger partial charge < -0.3 is 13.6 Å². The summed E-state index contributed by atoms with van der Waals surface area (Å²) in [5.41, 5.74) is -0.202. The van der Waals surface area contributed by atoms with E-state index in [4.69, 9.17) is 13.6 Å². The summed E-state index contributed by atoms with van der Waals surface area (Å²) in [6, 6.07) is 20.2. The van der Waals surface area contributed by atoms with Gasteiger partial charge in [-0.25, -0.2) is 9.78 Å². The predicted molar refractivity (Wildman–Crippen MR) is 146 cm³/mol. The van der Waals surface area contributed by atoms with Crippen LogP contribution in [0.25, 0.3) is 32.0 Å². The smallest absolute Gasteiger partial charge is 0.433 e. The Bertz CT molecular complexity index is 2010. The molecule has 0 aliphatic rings. The van der Waals surface area contributed by atoms with Gasteiger partial charge in [-0.1, -0.05) is 41.7 Å². The Balaban J connectivity index is 1.49. The minimum absolute atomic E-state index is 0.0267. The molecule has 0 fully saturated rings. The highest BCUT2D eigenvalue weighted by molar-refractivity contribution is 7.22. The van der Waals surface area contributed by atoms with Crippen LogP contribution in [-0.4, -0.2) is 29.1 Å². The Morgan fingerprint density at radius 1 is 1.08 bits per heavy atom.